The highest BCUT2D eigenvalue weighted by molar-refractivity contribution is 9.10. The summed E-state index contributed by atoms with van der Waals surface area (Å²) in [7, 11) is 0. The van der Waals surface area contributed by atoms with E-state index >= 15 is 0 Å². The predicted octanol–water partition coefficient (Wildman–Crippen LogP) is 3.59. The number of nitrogens with zero attached hydrogens (tertiary/aromatic N) is 2. The molecule has 0 amide bonds. The zero-order chi connectivity index (χ0) is 11.4. The van der Waals surface area contributed by atoms with Crippen LogP contribution in [0.25, 0.3) is 0 Å². The van der Waals surface area contributed by atoms with E-state index in [-0.39, 0.29) is 22.5 Å². The van der Waals surface area contributed by atoms with Crippen molar-refractivity contribution in [3.63, 3.8) is 0 Å². The monoisotopic (exact) mass is 294 g/mol. The Morgan fingerprint density at radius 1 is 1.60 bits per heavy atom. The van der Waals surface area contributed by atoms with E-state index in [1.54, 1.807) is 0 Å². The zero-order valence-corrected chi connectivity index (χ0v) is 9.82. The molecule has 0 atom stereocenters. The van der Waals surface area contributed by atoms with Gasteiger partial charge in [0.15, 0.2) is 0 Å². The van der Waals surface area contributed by atoms with E-state index in [1.165, 1.54) is 6.07 Å². The van der Waals surface area contributed by atoms with Gasteiger partial charge in [-0.25, -0.2) is 13.8 Å². The van der Waals surface area contributed by atoms with Crippen LogP contribution >= 0.6 is 27.5 Å². The molecule has 0 aromatic carbocycles. The zero-order valence-electron chi connectivity index (χ0n) is 7.48. The Labute approximate surface area is 99.0 Å². The number of alkyl halides is 3. The molecule has 0 aliphatic heterocycles. The Kier molecular flexibility index (Phi) is 4.43. The van der Waals surface area contributed by atoms with Crippen LogP contribution in [0.2, 0.25) is 0 Å². The van der Waals surface area contributed by atoms with Crippen molar-refractivity contribution in [2.24, 2.45) is 0 Å². The molecule has 1 heterocycles. The first-order valence-corrected chi connectivity index (χ1v) is 5.32. The molecule has 6 heteroatoms. The minimum absolute atomic E-state index is 0.0188. The summed E-state index contributed by atoms with van der Waals surface area (Å²) in [5.74, 6) is 0.145. The number of halogens is 4. The number of rotatable bonds is 3. The van der Waals surface area contributed by atoms with Crippen LogP contribution in [0.4, 0.5) is 8.78 Å². The Bertz CT molecular complexity index is 404. The van der Waals surface area contributed by atoms with Gasteiger partial charge in [0.25, 0.3) is 6.43 Å². The van der Waals surface area contributed by atoms with Gasteiger partial charge in [-0.2, -0.15) is 5.26 Å². The summed E-state index contributed by atoms with van der Waals surface area (Å²) in [6.07, 6.45) is -2.68. The summed E-state index contributed by atoms with van der Waals surface area (Å²) in [6.45, 7) is 0. The highest BCUT2D eigenvalue weighted by Crippen LogP contribution is 2.28. The number of hydrogen-bond acceptors (Lipinski definition) is 2. The van der Waals surface area contributed by atoms with Gasteiger partial charge in [0.05, 0.1) is 18.2 Å². The molecular weight excluding hydrogens is 289 g/mol. The van der Waals surface area contributed by atoms with Gasteiger partial charge in [0.2, 0.25) is 0 Å². The van der Waals surface area contributed by atoms with Gasteiger partial charge >= 0.3 is 0 Å². The number of hydrogen-bond donors (Lipinski definition) is 0. The van der Waals surface area contributed by atoms with Crippen LogP contribution in [-0.4, -0.2) is 4.98 Å². The third-order valence-electron chi connectivity index (χ3n) is 1.77. The summed E-state index contributed by atoms with van der Waals surface area (Å²) in [5, 5.41) is 8.51. The van der Waals surface area contributed by atoms with Gasteiger partial charge in [0.1, 0.15) is 5.69 Å². The molecule has 0 unspecified atom stereocenters. The van der Waals surface area contributed by atoms with E-state index in [2.05, 4.69) is 20.9 Å². The van der Waals surface area contributed by atoms with Crippen molar-refractivity contribution < 1.29 is 8.78 Å². The molecule has 0 aliphatic carbocycles. The lowest BCUT2D eigenvalue weighted by Crippen LogP contribution is -2.01. The molecule has 0 N–H and O–H groups in total. The summed E-state index contributed by atoms with van der Waals surface area (Å²) in [4.78, 5) is 3.73. The fraction of sp³-hybridized carbons (Fsp3) is 0.333. The molecule has 2 nitrogen and oxygen atoms in total. The molecule has 0 spiro atoms. The minimum atomic E-state index is -2.67. The second-order valence-corrected chi connectivity index (χ2v) is 3.85. The van der Waals surface area contributed by atoms with E-state index in [9.17, 15) is 8.78 Å². The predicted molar refractivity (Wildman–Crippen MR) is 55.8 cm³/mol. The van der Waals surface area contributed by atoms with Crippen LogP contribution in [0.5, 0.6) is 0 Å². The van der Waals surface area contributed by atoms with Gasteiger partial charge in [-0.1, -0.05) is 0 Å². The second-order valence-electron chi connectivity index (χ2n) is 2.73. The molecule has 15 heavy (non-hydrogen) atoms. The highest BCUT2D eigenvalue weighted by atomic mass is 79.9. The standard InChI is InChI=1S/C9H6BrClF2N2/c10-6-3-5(4-11)7(1-2-14)15-8(6)9(12)13/h3,9H,1,4H2. The Balaban J connectivity index is 3.25. The van der Waals surface area contributed by atoms with Gasteiger partial charge in [-0.3, -0.25) is 0 Å². The van der Waals surface area contributed by atoms with E-state index in [4.69, 9.17) is 16.9 Å². The molecule has 1 aromatic heterocycles. The van der Waals surface area contributed by atoms with Crippen molar-refractivity contribution in [1.82, 2.24) is 4.98 Å². The van der Waals surface area contributed by atoms with Crippen LogP contribution in [-0.2, 0) is 12.3 Å². The lowest BCUT2D eigenvalue weighted by atomic mass is 10.1. The molecule has 0 bridgehead atoms. The number of nitriles is 1. The van der Waals surface area contributed by atoms with Gasteiger partial charge in [0, 0.05) is 10.4 Å². The highest BCUT2D eigenvalue weighted by Gasteiger charge is 2.16. The maximum atomic E-state index is 12.5. The first-order valence-electron chi connectivity index (χ1n) is 3.99. The van der Waals surface area contributed by atoms with E-state index in [1.807, 2.05) is 6.07 Å². The van der Waals surface area contributed by atoms with E-state index in [0.717, 1.165) is 0 Å². The van der Waals surface area contributed by atoms with Crippen LogP contribution in [0, 0.1) is 11.3 Å². The van der Waals surface area contributed by atoms with Crippen LogP contribution < -0.4 is 0 Å². The molecule has 0 saturated carbocycles. The van der Waals surface area contributed by atoms with Crippen LogP contribution in [0.15, 0.2) is 10.5 Å². The van der Waals surface area contributed by atoms with Gasteiger partial charge in [-0.05, 0) is 27.6 Å². The van der Waals surface area contributed by atoms with Crippen molar-refractivity contribution in [2.45, 2.75) is 18.7 Å². The molecule has 80 valence electrons. The minimum Gasteiger partial charge on any atom is -0.249 e. The lowest BCUT2D eigenvalue weighted by Gasteiger charge is -2.08. The van der Waals surface area contributed by atoms with E-state index in [0.29, 0.717) is 11.3 Å². The quantitative estimate of drug-likeness (QED) is 0.799. The van der Waals surface area contributed by atoms with Gasteiger partial charge in [-0.15, -0.1) is 11.6 Å². The SMILES string of the molecule is N#CCc1nc(C(F)F)c(Br)cc1CCl. The van der Waals surface area contributed by atoms with Crippen molar-refractivity contribution in [3.8, 4) is 6.07 Å². The van der Waals surface area contributed by atoms with Crippen LogP contribution in [0.3, 0.4) is 0 Å². The van der Waals surface area contributed by atoms with Crippen molar-refractivity contribution in [1.29, 1.82) is 5.26 Å². The first-order chi connectivity index (χ1) is 7.10. The topological polar surface area (TPSA) is 36.7 Å². The Hall–Kier alpha value is -0.730. The lowest BCUT2D eigenvalue weighted by molar-refractivity contribution is 0.145. The molecule has 0 fully saturated rings. The maximum absolute atomic E-state index is 12.5. The molecule has 1 aromatic rings. The third kappa shape index (κ3) is 2.86. The average molecular weight is 296 g/mol. The molecule has 0 saturated heterocycles. The molecule has 1 rings (SSSR count). The molecule has 0 aliphatic rings. The molecular formula is C9H6BrClF2N2. The van der Waals surface area contributed by atoms with Crippen molar-refractivity contribution in [2.75, 3.05) is 0 Å². The van der Waals surface area contributed by atoms with Crippen molar-refractivity contribution in [3.05, 3.63) is 27.5 Å². The van der Waals surface area contributed by atoms with Crippen molar-refractivity contribution >= 4 is 27.5 Å². The van der Waals surface area contributed by atoms with Crippen LogP contribution in [0.1, 0.15) is 23.4 Å². The maximum Gasteiger partial charge on any atom is 0.281 e. The normalized spacial score (nSPS) is 10.4. The summed E-state index contributed by atoms with van der Waals surface area (Å²) in [5.41, 5.74) is 0.551. The largest absolute Gasteiger partial charge is 0.281 e. The average Bonchev–Trinajstić information content (AvgIpc) is 2.20. The second kappa shape index (κ2) is 5.38. The third-order valence-corrected chi connectivity index (χ3v) is 2.69. The number of aromatic nitrogens is 1. The Morgan fingerprint density at radius 3 is 2.73 bits per heavy atom. The number of pyridine rings is 1. The first kappa shape index (κ1) is 12.3. The fourth-order valence-electron chi connectivity index (χ4n) is 1.08. The van der Waals surface area contributed by atoms with E-state index < -0.39 is 6.43 Å². The summed E-state index contributed by atoms with van der Waals surface area (Å²) in [6, 6.07) is 3.34. The smallest absolute Gasteiger partial charge is 0.249 e. The summed E-state index contributed by atoms with van der Waals surface area (Å²) < 4.78 is 25.2. The Morgan fingerprint density at radius 2 is 2.27 bits per heavy atom. The summed E-state index contributed by atoms with van der Waals surface area (Å²) >= 11 is 8.60. The van der Waals surface area contributed by atoms with Gasteiger partial charge < -0.3 is 0 Å². The molecule has 0 radical (unpaired) electrons. The fourth-order valence-corrected chi connectivity index (χ4v) is 1.85.